The first kappa shape index (κ1) is 20.6. The van der Waals surface area contributed by atoms with Gasteiger partial charge < -0.3 is 15.0 Å². The second kappa shape index (κ2) is 7.52. The second-order valence-electron chi connectivity index (χ2n) is 10.0. The van der Waals surface area contributed by atoms with Crippen LogP contribution in [0.3, 0.4) is 0 Å². The van der Waals surface area contributed by atoms with Gasteiger partial charge in [-0.15, -0.1) is 5.10 Å². The molecule has 2 aromatic rings. The topological polar surface area (TPSA) is 85.2 Å². The molecule has 3 aliphatic heterocycles. The lowest BCUT2D eigenvalue weighted by Crippen LogP contribution is -2.42. The van der Waals surface area contributed by atoms with Gasteiger partial charge in [-0.05, 0) is 67.5 Å². The van der Waals surface area contributed by atoms with Crippen molar-refractivity contribution in [3.8, 4) is 11.4 Å². The Bertz CT molecular complexity index is 1170. The van der Waals surface area contributed by atoms with Crippen LogP contribution in [-0.2, 0) is 16.1 Å². The number of fused-ring (bicyclic) bond motifs is 3. The first-order chi connectivity index (χ1) is 15.9. The Morgan fingerprint density at radius 3 is 2.85 bits per heavy atom. The fraction of sp³-hybridized carbons (Fsp3) is 0.520. The minimum atomic E-state index is -0.201. The summed E-state index contributed by atoms with van der Waals surface area (Å²) in [6.45, 7) is 10.2. The van der Waals surface area contributed by atoms with Crippen molar-refractivity contribution >= 4 is 5.91 Å². The van der Waals surface area contributed by atoms with Crippen LogP contribution in [0.15, 0.2) is 41.8 Å². The molecule has 172 valence electrons. The molecule has 8 nitrogen and oxygen atoms in total. The molecule has 6 rings (SSSR count). The highest BCUT2D eigenvalue weighted by Crippen LogP contribution is 2.47. The van der Waals surface area contributed by atoms with E-state index in [1.807, 2.05) is 16.5 Å². The molecule has 8 heteroatoms. The second-order valence-corrected chi connectivity index (χ2v) is 10.0. The van der Waals surface area contributed by atoms with Crippen LogP contribution >= 0.6 is 0 Å². The maximum absolute atomic E-state index is 13.4. The lowest BCUT2D eigenvalue weighted by molar-refractivity contribution is -0.136. The van der Waals surface area contributed by atoms with E-state index in [-0.39, 0.29) is 11.5 Å². The van der Waals surface area contributed by atoms with Crippen molar-refractivity contribution in [1.29, 1.82) is 0 Å². The number of ether oxygens (including phenoxy) is 1. The number of carbonyl (C=O) groups excluding carboxylic acids is 1. The predicted molar refractivity (Wildman–Crippen MR) is 123 cm³/mol. The molecule has 1 aromatic heterocycles. The summed E-state index contributed by atoms with van der Waals surface area (Å²) in [5, 5.41) is 15.8. The van der Waals surface area contributed by atoms with Gasteiger partial charge in [0.15, 0.2) is 5.82 Å². The number of amides is 1. The van der Waals surface area contributed by atoms with Crippen LogP contribution < -0.4 is 5.32 Å². The zero-order chi connectivity index (χ0) is 22.7. The lowest BCUT2D eigenvalue weighted by atomic mass is 9.71. The molecule has 1 atom stereocenters. The van der Waals surface area contributed by atoms with Crippen LogP contribution in [0.5, 0.6) is 0 Å². The smallest absolute Gasteiger partial charge is 0.233 e. The van der Waals surface area contributed by atoms with Crippen molar-refractivity contribution in [2.75, 3.05) is 13.2 Å². The van der Waals surface area contributed by atoms with Gasteiger partial charge in [0.1, 0.15) is 12.4 Å². The number of carbonyl (C=O) groups is 1. The summed E-state index contributed by atoms with van der Waals surface area (Å²) < 4.78 is 7.42. The third-order valence-electron chi connectivity index (χ3n) is 8.22. The van der Waals surface area contributed by atoms with Crippen LogP contribution in [0.25, 0.3) is 11.4 Å². The number of hydrogen-bond acceptors (Lipinski definition) is 6. The van der Waals surface area contributed by atoms with E-state index < -0.39 is 0 Å². The highest BCUT2D eigenvalue weighted by Gasteiger charge is 2.50. The van der Waals surface area contributed by atoms with Gasteiger partial charge in [0, 0.05) is 29.8 Å². The normalized spacial score (nSPS) is 27.3. The SMILES string of the molecule is C=C1OCC(N2CC[C@]3(CC[C@@H](N[C@H](C)c4ccc5c(c4)Cn4nnnc4-5)CC3)C2=O)=C1C. The van der Waals surface area contributed by atoms with Crippen LogP contribution in [-0.4, -0.2) is 50.2 Å². The molecule has 1 spiro atoms. The van der Waals surface area contributed by atoms with E-state index in [0.29, 0.717) is 24.3 Å². The van der Waals surface area contributed by atoms with Crippen molar-refractivity contribution in [2.24, 2.45) is 5.41 Å². The summed E-state index contributed by atoms with van der Waals surface area (Å²) in [7, 11) is 0. The monoisotopic (exact) mass is 446 g/mol. The zero-order valence-electron chi connectivity index (χ0n) is 19.3. The average Bonchev–Trinajstić information content (AvgIpc) is 3.56. The summed E-state index contributed by atoms with van der Waals surface area (Å²) in [5.41, 5.74) is 5.49. The van der Waals surface area contributed by atoms with Crippen molar-refractivity contribution in [3.63, 3.8) is 0 Å². The maximum Gasteiger partial charge on any atom is 0.233 e. The van der Waals surface area contributed by atoms with Gasteiger partial charge in [0.05, 0.1) is 17.7 Å². The molecule has 0 radical (unpaired) electrons. The van der Waals surface area contributed by atoms with Crippen molar-refractivity contribution < 1.29 is 9.53 Å². The number of nitrogens with one attached hydrogen (secondary N) is 1. The van der Waals surface area contributed by atoms with Gasteiger partial charge in [0.25, 0.3) is 0 Å². The third-order valence-corrected chi connectivity index (χ3v) is 8.22. The number of rotatable bonds is 4. The predicted octanol–water partition coefficient (Wildman–Crippen LogP) is 3.33. The van der Waals surface area contributed by atoms with Crippen LogP contribution in [0.2, 0.25) is 0 Å². The highest BCUT2D eigenvalue weighted by atomic mass is 16.5. The Balaban J connectivity index is 1.09. The molecule has 2 fully saturated rings. The molecule has 0 unspecified atom stereocenters. The Hall–Kier alpha value is -3.00. The molecule has 1 saturated heterocycles. The van der Waals surface area contributed by atoms with E-state index in [2.05, 4.69) is 52.5 Å². The number of nitrogens with zero attached hydrogens (tertiary/aromatic N) is 5. The molecule has 1 saturated carbocycles. The molecule has 1 aliphatic carbocycles. The van der Waals surface area contributed by atoms with E-state index in [1.54, 1.807) is 0 Å². The molecule has 1 aromatic carbocycles. The zero-order valence-corrected chi connectivity index (χ0v) is 19.3. The standard InChI is InChI=1S/C25H30N6O2/c1-15-17(3)33-14-22(15)30-11-10-25(24(30)32)8-6-20(7-9-25)26-16(2)18-4-5-21-19(12-18)13-31-23(21)27-28-29-31/h4-5,12,16,20,26H,3,6-11,13-14H2,1-2H3/t16-,20-,25-/m1/s1. The lowest BCUT2D eigenvalue weighted by Gasteiger charge is -2.37. The molecular formula is C25H30N6O2. The molecule has 1 amide bonds. The number of tetrazole rings is 1. The summed E-state index contributed by atoms with van der Waals surface area (Å²) in [5.74, 6) is 1.84. The fourth-order valence-electron chi connectivity index (χ4n) is 6.04. The Labute approximate surface area is 193 Å². The summed E-state index contributed by atoms with van der Waals surface area (Å²) in [6.07, 6.45) is 4.90. The Morgan fingerprint density at radius 1 is 1.27 bits per heavy atom. The van der Waals surface area contributed by atoms with Gasteiger partial charge in [-0.25, -0.2) is 4.68 Å². The van der Waals surface area contributed by atoms with Gasteiger partial charge in [0.2, 0.25) is 5.91 Å². The van der Waals surface area contributed by atoms with Crippen molar-refractivity contribution in [1.82, 2.24) is 30.4 Å². The number of allylic oxidation sites excluding steroid dienone is 1. The molecule has 33 heavy (non-hydrogen) atoms. The molecule has 4 aliphatic rings. The van der Waals surface area contributed by atoms with Crippen LogP contribution in [0.1, 0.15) is 63.1 Å². The summed E-state index contributed by atoms with van der Waals surface area (Å²) in [4.78, 5) is 15.4. The number of benzene rings is 1. The minimum absolute atomic E-state index is 0.201. The van der Waals surface area contributed by atoms with E-state index >= 15 is 0 Å². The van der Waals surface area contributed by atoms with E-state index in [9.17, 15) is 4.79 Å². The minimum Gasteiger partial charge on any atom is -0.488 e. The average molecular weight is 447 g/mol. The third kappa shape index (κ3) is 3.22. The van der Waals surface area contributed by atoms with Crippen molar-refractivity contribution in [3.05, 3.63) is 52.9 Å². The molecular weight excluding hydrogens is 416 g/mol. The van der Waals surface area contributed by atoms with Gasteiger partial charge in [-0.3, -0.25) is 4.79 Å². The van der Waals surface area contributed by atoms with Crippen LogP contribution in [0.4, 0.5) is 0 Å². The van der Waals surface area contributed by atoms with Gasteiger partial charge in [-0.1, -0.05) is 24.8 Å². The van der Waals surface area contributed by atoms with E-state index in [1.165, 1.54) is 11.1 Å². The quantitative estimate of drug-likeness (QED) is 0.662. The highest BCUT2D eigenvalue weighted by molar-refractivity contribution is 5.87. The van der Waals surface area contributed by atoms with Crippen LogP contribution in [0, 0.1) is 5.41 Å². The number of likely N-dealkylation sites (tertiary alicyclic amines) is 1. The van der Waals surface area contributed by atoms with Gasteiger partial charge in [-0.2, -0.15) is 0 Å². The summed E-state index contributed by atoms with van der Waals surface area (Å²) >= 11 is 0. The van der Waals surface area contributed by atoms with Gasteiger partial charge >= 0.3 is 0 Å². The van der Waals surface area contributed by atoms with E-state index in [0.717, 1.165) is 67.9 Å². The molecule has 4 heterocycles. The first-order valence-corrected chi connectivity index (χ1v) is 11.9. The number of hydrogen-bond donors (Lipinski definition) is 1. The first-order valence-electron chi connectivity index (χ1n) is 11.9. The van der Waals surface area contributed by atoms with E-state index in [4.69, 9.17) is 4.74 Å². The largest absolute Gasteiger partial charge is 0.488 e. The maximum atomic E-state index is 13.4. The fourth-order valence-corrected chi connectivity index (χ4v) is 6.04. The number of aromatic nitrogens is 4. The summed E-state index contributed by atoms with van der Waals surface area (Å²) in [6, 6.07) is 7.25. The Kier molecular flexibility index (Phi) is 4.69. The molecule has 0 bridgehead atoms. The molecule has 1 N–H and O–H groups in total. The van der Waals surface area contributed by atoms with Crippen molar-refractivity contribution in [2.45, 2.75) is 64.6 Å². The Morgan fingerprint density at radius 2 is 2.09 bits per heavy atom.